The molecule has 128 valence electrons. The fourth-order valence-corrected chi connectivity index (χ4v) is 3.28. The molecule has 0 saturated carbocycles. The molecule has 0 aliphatic carbocycles. The van der Waals surface area contributed by atoms with Gasteiger partial charge in [0.2, 0.25) is 10.0 Å². The van der Waals surface area contributed by atoms with Crippen LogP contribution in [0.1, 0.15) is 5.56 Å². The quantitative estimate of drug-likeness (QED) is 0.598. The van der Waals surface area contributed by atoms with E-state index in [1.165, 1.54) is 13.1 Å². The van der Waals surface area contributed by atoms with Gasteiger partial charge in [-0.05, 0) is 55.0 Å². The van der Waals surface area contributed by atoms with Crippen LogP contribution in [-0.4, -0.2) is 32.3 Å². The number of carbonyl (C=O) groups is 1. The average Bonchev–Trinajstić information content (AvgIpc) is 2.50. The summed E-state index contributed by atoms with van der Waals surface area (Å²) in [5.74, 6) is -0.986. The minimum atomic E-state index is -3.92. The Kier molecular flexibility index (Phi) is 5.58. The summed E-state index contributed by atoms with van der Waals surface area (Å²) in [5, 5.41) is 0.503. The first-order valence-corrected chi connectivity index (χ1v) is 8.70. The van der Waals surface area contributed by atoms with Gasteiger partial charge in [-0.2, -0.15) is 4.31 Å². The third-order valence-electron chi connectivity index (χ3n) is 3.23. The van der Waals surface area contributed by atoms with Gasteiger partial charge in [0.25, 0.3) is 0 Å². The van der Waals surface area contributed by atoms with Gasteiger partial charge >= 0.3 is 5.97 Å². The second kappa shape index (κ2) is 7.29. The van der Waals surface area contributed by atoms with Gasteiger partial charge in [0.1, 0.15) is 18.1 Å². The number of aryl methyl sites for hydroxylation is 1. The highest BCUT2D eigenvalue weighted by Crippen LogP contribution is 2.22. The molecule has 0 saturated heterocycles. The molecule has 0 heterocycles. The number of sulfonamides is 1. The Bertz CT molecular complexity index is 853. The van der Waals surface area contributed by atoms with Crippen LogP contribution in [0.15, 0.2) is 47.4 Å². The summed E-state index contributed by atoms with van der Waals surface area (Å²) < 4.78 is 43.5. The zero-order chi connectivity index (χ0) is 17.9. The highest BCUT2D eigenvalue weighted by Gasteiger charge is 2.24. The number of esters is 1. The number of ether oxygens (including phenoxy) is 1. The van der Waals surface area contributed by atoms with Crippen molar-refractivity contribution in [2.24, 2.45) is 0 Å². The SMILES string of the molecule is Cc1cc(Cl)ccc1OC(=O)CN(C)S(=O)(=O)c1ccc(F)cc1. The first kappa shape index (κ1) is 18.4. The Morgan fingerprint density at radius 2 is 1.83 bits per heavy atom. The molecule has 0 radical (unpaired) electrons. The van der Waals surface area contributed by atoms with Crippen LogP contribution in [0.3, 0.4) is 0 Å². The van der Waals surface area contributed by atoms with Crippen LogP contribution in [0, 0.1) is 12.7 Å². The van der Waals surface area contributed by atoms with E-state index in [1.807, 2.05) is 0 Å². The lowest BCUT2D eigenvalue weighted by atomic mass is 10.2. The van der Waals surface area contributed by atoms with Crippen molar-refractivity contribution < 1.29 is 22.3 Å². The lowest BCUT2D eigenvalue weighted by Gasteiger charge is -2.16. The van der Waals surface area contributed by atoms with Gasteiger partial charge in [-0.1, -0.05) is 11.6 Å². The topological polar surface area (TPSA) is 63.7 Å². The first-order chi connectivity index (χ1) is 11.2. The number of carbonyl (C=O) groups excluding carboxylic acids is 1. The number of nitrogens with zero attached hydrogens (tertiary/aromatic N) is 1. The molecule has 0 spiro atoms. The van der Waals surface area contributed by atoms with Gasteiger partial charge < -0.3 is 4.74 Å². The maximum atomic E-state index is 12.9. The molecule has 0 amide bonds. The number of hydrogen-bond donors (Lipinski definition) is 0. The monoisotopic (exact) mass is 371 g/mol. The molecule has 2 aromatic carbocycles. The second-order valence-electron chi connectivity index (χ2n) is 5.10. The number of benzene rings is 2. The second-order valence-corrected chi connectivity index (χ2v) is 7.58. The van der Waals surface area contributed by atoms with E-state index in [9.17, 15) is 17.6 Å². The van der Waals surface area contributed by atoms with Gasteiger partial charge in [-0.25, -0.2) is 12.8 Å². The lowest BCUT2D eigenvalue weighted by Crippen LogP contribution is -2.34. The Morgan fingerprint density at radius 3 is 2.42 bits per heavy atom. The van der Waals surface area contributed by atoms with Crippen molar-refractivity contribution in [1.82, 2.24) is 4.31 Å². The molecule has 0 aromatic heterocycles. The molecule has 2 aromatic rings. The molecule has 0 atom stereocenters. The van der Waals surface area contributed by atoms with Gasteiger partial charge in [0.05, 0.1) is 4.90 Å². The van der Waals surface area contributed by atoms with Crippen LogP contribution in [0.2, 0.25) is 5.02 Å². The van der Waals surface area contributed by atoms with Gasteiger partial charge in [-0.3, -0.25) is 4.79 Å². The van der Waals surface area contributed by atoms with Crippen LogP contribution in [0.5, 0.6) is 5.75 Å². The van der Waals surface area contributed by atoms with Crippen LogP contribution < -0.4 is 4.74 Å². The summed E-state index contributed by atoms with van der Waals surface area (Å²) in [6.45, 7) is 1.23. The van der Waals surface area contributed by atoms with Crippen LogP contribution in [0.4, 0.5) is 4.39 Å². The van der Waals surface area contributed by atoms with E-state index >= 15 is 0 Å². The predicted octanol–water partition coefficient (Wildman–Crippen LogP) is 3.01. The van der Waals surface area contributed by atoms with Gasteiger partial charge in [0, 0.05) is 12.1 Å². The maximum absolute atomic E-state index is 12.9. The molecule has 24 heavy (non-hydrogen) atoms. The van der Waals surface area contributed by atoms with E-state index in [0.717, 1.165) is 28.6 Å². The third-order valence-corrected chi connectivity index (χ3v) is 5.29. The summed E-state index contributed by atoms with van der Waals surface area (Å²) >= 11 is 5.82. The summed E-state index contributed by atoms with van der Waals surface area (Å²) in [6.07, 6.45) is 0. The zero-order valence-corrected chi connectivity index (χ0v) is 14.6. The Morgan fingerprint density at radius 1 is 1.21 bits per heavy atom. The van der Waals surface area contributed by atoms with E-state index in [-0.39, 0.29) is 4.90 Å². The van der Waals surface area contributed by atoms with Crippen molar-refractivity contribution in [3.05, 3.63) is 58.9 Å². The van der Waals surface area contributed by atoms with Gasteiger partial charge in [-0.15, -0.1) is 0 Å². The van der Waals surface area contributed by atoms with E-state index in [2.05, 4.69) is 0 Å². The molecule has 0 fully saturated rings. The molecule has 0 aliphatic rings. The van der Waals surface area contributed by atoms with Crippen molar-refractivity contribution in [1.29, 1.82) is 0 Å². The Balaban J connectivity index is 2.09. The van der Waals surface area contributed by atoms with E-state index in [4.69, 9.17) is 16.3 Å². The third kappa shape index (κ3) is 4.31. The van der Waals surface area contributed by atoms with Crippen LogP contribution >= 0.6 is 11.6 Å². The predicted molar refractivity (Wildman–Crippen MR) is 88.0 cm³/mol. The number of rotatable bonds is 5. The van der Waals surface area contributed by atoms with Crippen molar-refractivity contribution in [2.75, 3.05) is 13.6 Å². The number of halogens is 2. The normalized spacial score (nSPS) is 11.5. The highest BCUT2D eigenvalue weighted by atomic mass is 35.5. The first-order valence-electron chi connectivity index (χ1n) is 6.89. The summed E-state index contributed by atoms with van der Waals surface area (Å²) in [7, 11) is -2.67. The van der Waals surface area contributed by atoms with Crippen molar-refractivity contribution >= 4 is 27.6 Å². The minimum absolute atomic E-state index is 0.109. The summed E-state index contributed by atoms with van der Waals surface area (Å²) in [5.41, 5.74) is 0.653. The fourth-order valence-electron chi connectivity index (χ4n) is 1.94. The summed E-state index contributed by atoms with van der Waals surface area (Å²) in [6, 6.07) is 9.07. The Labute approximate surface area is 144 Å². The van der Waals surface area contributed by atoms with Crippen molar-refractivity contribution in [3.63, 3.8) is 0 Å². The number of hydrogen-bond acceptors (Lipinski definition) is 4. The standard InChI is InChI=1S/C16H15ClFNO4S/c1-11-9-12(17)3-8-15(11)23-16(20)10-19(2)24(21,22)14-6-4-13(18)5-7-14/h3-9H,10H2,1-2H3. The van der Waals surface area contributed by atoms with Crippen LogP contribution in [-0.2, 0) is 14.8 Å². The molecule has 2 rings (SSSR count). The maximum Gasteiger partial charge on any atom is 0.326 e. The minimum Gasteiger partial charge on any atom is -0.425 e. The molecule has 0 aliphatic heterocycles. The van der Waals surface area contributed by atoms with E-state index < -0.39 is 28.4 Å². The molecule has 8 heteroatoms. The number of likely N-dealkylation sites (N-methyl/N-ethyl adjacent to an activating group) is 1. The highest BCUT2D eigenvalue weighted by molar-refractivity contribution is 7.89. The lowest BCUT2D eigenvalue weighted by molar-refractivity contribution is -0.134. The van der Waals surface area contributed by atoms with E-state index in [0.29, 0.717) is 16.3 Å². The fraction of sp³-hybridized carbons (Fsp3) is 0.188. The molecular weight excluding hydrogens is 357 g/mol. The molecular formula is C16H15ClFNO4S. The van der Waals surface area contributed by atoms with Crippen molar-refractivity contribution in [3.8, 4) is 5.75 Å². The average molecular weight is 372 g/mol. The smallest absolute Gasteiger partial charge is 0.326 e. The Hall–Kier alpha value is -1.96. The zero-order valence-electron chi connectivity index (χ0n) is 13.0. The van der Waals surface area contributed by atoms with Gasteiger partial charge in [0.15, 0.2) is 0 Å². The van der Waals surface area contributed by atoms with Crippen LogP contribution in [0.25, 0.3) is 0 Å². The largest absolute Gasteiger partial charge is 0.425 e. The molecule has 0 N–H and O–H groups in total. The molecule has 0 bridgehead atoms. The van der Waals surface area contributed by atoms with Crippen molar-refractivity contribution in [2.45, 2.75) is 11.8 Å². The summed E-state index contributed by atoms with van der Waals surface area (Å²) in [4.78, 5) is 11.9. The molecule has 5 nitrogen and oxygen atoms in total. The van der Waals surface area contributed by atoms with E-state index in [1.54, 1.807) is 19.1 Å². The molecule has 0 unspecified atom stereocenters.